The third kappa shape index (κ3) is 4.55. The second-order valence-electron chi connectivity index (χ2n) is 11.0. The van der Waals surface area contributed by atoms with Crippen LogP contribution in [0.5, 0.6) is 0 Å². The average molecular weight is 492 g/mol. The zero-order valence-corrected chi connectivity index (χ0v) is 21.0. The number of hydrogen-bond donors (Lipinski definition) is 2. The van der Waals surface area contributed by atoms with Gasteiger partial charge in [0.1, 0.15) is 22.7 Å². The Bertz CT molecular complexity index is 1280. The number of carbonyl (C=O) groups excluding carboxylic acids is 2. The topological polar surface area (TPSA) is 134 Å². The highest BCUT2D eigenvalue weighted by atomic mass is 16.6. The first kappa shape index (κ1) is 23.9. The molecule has 0 bridgehead atoms. The number of nitrogens with two attached hydrogens (primary N) is 2. The lowest BCUT2D eigenvalue weighted by Crippen LogP contribution is -2.43. The van der Waals surface area contributed by atoms with E-state index in [1.165, 1.54) is 0 Å². The van der Waals surface area contributed by atoms with Gasteiger partial charge in [0, 0.05) is 24.8 Å². The third-order valence-electron chi connectivity index (χ3n) is 7.06. The number of carbonyl (C=O) groups is 2. The fourth-order valence-corrected chi connectivity index (χ4v) is 5.38. The molecule has 2 amide bonds. The molecule has 2 aromatic heterocycles. The van der Waals surface area contributed by atoms with Crippen molar-refractivity contribution in [2.75, 3.05) is 18.8 Å². The molecule has 10 nitrogen and oxygen atoms in total. The molecule has 2 aliphatic rings. The molecular weight excluding hydrogens is 458 g/mol. The summed E-state index contributed by atoms with van der Waals surface area (Å²) in [6.45, 7) is 7.54. The number of aromatic nitrogens is 4. The van der Waals surface area contributed by atoms with Gasteiger partial charge in [0.25, 0.3) is 5.91 Å². The highest BCUT2D eigenvalue weighted by molar-refractivity contribution is 6.03. The lowest BCUT2D eigenvalue weighted by molar-refractivity contribution is 0.0187. The summed E-state index contributed by atoms with van der Waals surface area (Å²) in [4.78, 5) is 26.6. The van der Waals surface area contributed by atoms with Crippen molar-refractivity contribution < 1.29 is 14.3 Å². The molecule has 36 heavy (non-hydrogen) atoms. The van der Waals surface area contributed by atoms with Gasteiger partial charge in [0.15, 0.2) is 0 Å². The van der Waals surface area contributed by atoms with Gasteiger partial charge in [-0.15, -0.1) is 0 Å². The number of nitrogen functional groups attached to an aromatic ring is 1. The molecule has 0 radical (unpaired) electrons. The predicted molar refractivity (Wildman–Crippen MR) is 135 cm³/mol. The van der Waals surface area contributed by atoms with Crippen LogP contribution in [0.3, 0.4) is 0 Å². The maximum Gasteiger partial charge on any atom is 0.410 e. The van der Waals surface area contributed by atoms with E-state index >= 15 is 0 Å². The van der Waals surface area contributed by atoms with Crippen LogP contribution in [0.25, 0.3) is 11.3 Å². The molecule has 2 fully saturated rings. The van der Waals surface area contributed by atoms with Gasteiger partial charge in [-0.25, -0.2) is 9.48 Å². The minimum absolute atomic E-state index is 0.0214. The lowest BCUT2D eigenvalue weighted by atomic mass is 9.65. The van der Waals surface area contributed by atoms with Crippen molar-refractivity contribution in [3.05, 3.63) is 53.9 Å². The van der Waals surface area contributed by atoms with Gasteiger partial charge in [-0.05, 0) is 51.0 Å². The van der Waals surface area contributed by atoms with E-state index in [1.54, 1.807) is 20.5 Å². The summed E-state index contributed by atoms with van der Waals surface area (Å²) in [5.41, 5.74) is 14.1. The largest absolute Gasteiger partial charge is 0.444 e. The van der Waals surface area contributed by atoms with Gasteiger partial charge in [-0.3, -0.25) is 9.48 Å². The number of benzene rings is 1. The van der Waals surface area contributed by atoms with Crippen LogP contribution in [0.4, 0.5) is 10.6 Å². The van der Waals surface area contributed by atoms with E-state index in [-0.39, 0.29) is 28.9 Å². The molecule has 4 N–H and O–H groups in total. The molecule has 190 valence electrons. The van der Waals surface area contributed by atoms with E-state index < -0.39 is 11.5 Å². The monoisotopic (exact) mass is 491 g/mol. The first-order chi connectivity index (χ1) is 17.0. The zero-order valence-electron chi connectivity index (χ0n) is 21.0. The molecule has 1 saturated carbocycles. The van der Waals surface area contributed by atoms with E-state index in [1.807, 2.05) is 57.3 Å². The van der Waals surface area contributed by atoms with Crippen LogP contribution in [0.1, 0.15) is 62.0 Å². The molecule has 0 unspecified atom stereocenters. The van der Waals surface area contributed by atoms with Crippen LogP contribution >= 0.6 is 0 Å². The Morgan fingerprint density at radius 1 is 1.19 bits per heavy atom. The summed E-state index contributed by atoms with van der Waals surface area (Å²) < 4.78 is 9.06. The number of rotatable bonds is 5. The van der Waals surface area contributed by atoms with Crippen LogP contribution in [-0.4, -0.2) is 55.2 Å². The van der Waals surface area contributed by atoms with E-state index in [4.69, 9.17) is 21.3 Å². The molecule has 3 heterocycles. The maximum absolute atomic E-state index is 12.5. The molecule has 1 aliphatic heterocycles. The fourth-order valence-electron chi connectivity index (χ4n) is 5.38. The summed E-state index contributed by atoms with van der Waals surface area (Å²) in [5.74, 6) is -0.342. The highest BCUT2D eigenvalue weighted by Gasteiger charge is 2.51. The van der Waals surface area contributed by atoms with Gasteiger partial charge in [-0.2, -0.15) is 10.2 Å². The minimum atomic E-state index is -0.615. The first-order valence-electron chi connectivity index (χ1n) is 12.3. The van der Waals surface area contributed by atoms with Crippen molar-refractivity contribution in [3.8, 4) is 11.3 Å². The predicted octanol–water partition coefficient (Wildman–Crippen LogP) is 3.44. The average Bonchev–Trinajstić information content (AvgIpc) is 3.49. The van der Waals surface area contributed by atoms with Gasteiger partial charge in [0.05, 0.1) is 18.8 Å². The molecule has 5 rings (SSSR count). The lowest BCUT2D eigenvalue weighted by Gasteiger charge is -2.45. The number of primary amides is 1. The molecule has 1 aromatic carbocycles. The third-order valence-corrected chi connectivity index (χ3v) is 7.06. The van der Waals surface area contributed by atoms with Crippen LogP contribution in [0, 0.1) is 5.41 Å². The molecular formula is C26H33N7O3. The normalized spacial score (nSPS) is 21.5. The Hall–Kier alpha value is -3.82. The van der Waals surface area contributed by atoms with Gasteiger partial charge >= 0.3 is 6.09 Å². The summed E-state index contributed by atoms with van der Waals surface area (Å²) >= 11 is 0. The van der Waals surface area contributed by atoms with Crippen molar-refractivity contribution in [2.24, 2.45) is 11.1 Å². The smallest absolute Gasteiger partial charge is 0.410 e. The Labute approximate surface area is 210 Å². The quantitative estimate of drug-likeness (QED) is 0.561. The first-order valence-corrected chi connectivity index (χ1v) is 12.3. The van der Waals surface area contributed by atoms with Crippen LogP contribution in [0.2, 0.25) is 0 Å². The number of hydrogen-bond acceptors (Lipinski definition) is 6. The van der Waals surface area contributed by atoms with Gasteiger partial charge in [0.2, 0.25) is 0 Å². The maximum atomic E-state index is 12.5. The number of anilines is 1. The summed E-state index contributed by atoms with van der Waals surface area (Å²) in [6, 6.07) is 10.0. The number of likely N-dealkylation sites (tertiary alicyclic amines) is 1. The number of amides is 2. The zero-order chi connectivity index (χ0) is 25.7. The van der Waals surface area contributed by atoms with Crippen molar-refractivity contribution in [2.45, 2.75) is 58.2 Å². The Morgan fingerprint density at radius 3 is 2.58 bits per heavy atom. The van der Waals surface area contributed by atoms with E-state index in [0.717, 1.165) is 24.8 Å². The SMILES string of the molecule is CC(C)(C)OC(=O)N1CC[C@]2(C1)C[C@H](n1nc(-c3cnn(Cc4ccccc4)c3)c(C(N)=O)c1N)C2. The Morgan fingerprint density at radius 2 is 1.92 bits per heavy atom. The molecule has 0 atom stereocenters. The van der Waals surface area contributed by atoms with Crippen molar-refractivity contribution >= 4 is 17.8 Å². The fraction of sp³-hybridized carbons (Fsp3) is 0.462. The molecule has 3 aromatic rings. The highest BCUT2D eigenvalue weighted by Crippen LogP contribution is 2.54. The standard InChI is InChI=1S/C26H33N7O3/c1-25(2,3)36-24(35)31-10-9-26(16-31)11-19(12-26)33-22(27)20(23(28)34)21(30-33)18-13-29-32(15-18)14-17-7-5-4-6-8-17/h4-8,13,15,19H,9-12,14,16,27H2,1-3H3,(H2,28,34)/t19-,26-. The van der Waals surface area contributed by atoms with Crippen LogP contribution in [0.15, 0.2) is 42.7 Å². The molecule has 1 spiro atoms. The van der Waals surface area contributed by atoms with E-state index in [0.29, 0.717) is 30.9 Å². The summed E-state index contributed by atoms with van der Waals surface area (Å²) in [7, 11) is 0. The molecule has 1 aliphatic carbocycles. The van der Waals surface area contributed by atoms with Crippen molar-refractivity contribution in [1.29, 1.82) is 0 Å². The van der Waals surface area contributed by atoms with E-state index in [2.05, 4.69) is 5.10 Å². The number of nitrogens with zero attached hydrogens (tertiary/aromatic N) is 5. The van der Waals surface area contributed by atoms with Crippen LogP contribution < -0.4 is 11.5 Å². The second kappa shape index (κ2) is 8.69. The van der Waals surface area contributed by atoms with Crippen LogP contribution in [-0.2, 0) is 11.3 Å². The molecule has 1 saturated heterocycles. The Kier molecular flexibility index (Phi) is 5.77. The number of ether oxygens (including phenoxy) is 1. The summed E-state index contributed by atoms with van der Waals surface area (Å²) in [5, 5.41) is 9.17. The molecule has 10 heteroatoms. The van der Waals surface area contributed by atoms with Crippen molar-refractivity contribution in [1.82, 2.24) is 24.5 Å². The van der Waals surface area contributed by atoms with Gasteiger partial charge < -0.3 is 21.1 Å². The second-order valence-corrected chi connectivity index (χ2v) is 11.0. The minimum Gasteiger partial charge on any atom is -0.444 e. The van der Waals surface area contributed by atoms with E-state index in [9.17, 15) is 9.59 Å². The Balaban J connectivity index is 1.32. The summed E-state index contributed by atoms with van der Waals surface area (Å²) in [6.07, 6.45) is 5.81. The van der Waals surface area contributed by atoms with Crippen molar-refractivity contribution in [3.63, 3.8) is 0 Å². The van der Waals surface area contributed by atoms with Gasteiger partial charge in [-0.1, -0.05) is 30.3 Å².